The van der Waals surface area contributed by atoms with Crippen molar-refractivity contribution in [3.8, 4) is 0 Å². The van der Waals surface area contributed by atoms with Gasteiger partial charge in [-0.1, -0.05) is 18.2 Å². The van der Waals surface area contributed by atoms with Crippen molar-refractivity contribution >= 4 is 11.0 Å². The van der Waals surface area contributed by atoms with Gasteiger partial charge in [0.2, 0.25) is 0 Å². The number of halogens is 2. The third kappa shape index (κ3) is 2.93. The second-order valence-corrected chi connectivity index (χ2v) is 8.30. The molecule has 0 saturated heterocycles. The summed E-state index contributed by atoms with van der Waals surface area (Å²) < 4.78 is 42.3. The highest BCUT2D eigenvalue weighted by atomic mass is 32.2. The highest BCUT2D eigenvalue weighted by molar-refractivity contribution is 7.84. The van der Waals surface area contributed by atoms with E-state index < -0.39 is 16.9 Å². The highest BCUT2D eigenvalue weighted by Gasteiger charge is 2.40. The van der Waals surface area contributed by atoms with Crippen molar-refractivity contribution in [3.63, 3.8) is 0 Å². The Bertz CT molecular complexity index is 537. The number of fused-ring (bicyclic) bond motifs is 1. The van der Waals surface area contributed by atoms with E-state index in [1.807, 2.05) is 33.8 Å². The molecule has 0 amide bonds. The Labute approximate surface area is 121 Å². The first-order chi connectivity index (χ1) is 9.13. The van der Waals surface area contributed by atoms with Gasteiger partial charge in [0.15, 0.2) is 0 Å². The van der Waals surface area contributed by atoms with Gasteiger partial charge in [-0.15, -0.1) is 0 Å². The fraction of sp³-hybridized carbons (Fsp3) is 0.600. The van der Waals surface area contributed by atoms with Crippen LogP contribution < -0.4 is 4.72 Å². The number of alkyl halides is 2. The van der Waals surface area contributed by atoms with Crippen LogP contribution in [0, 0.1) is 0 Å². The zero-order chi connectivity index (χ0) is 15.1. The molecule has 0 unspecified atom stereocenters. The molecule has 0 bridgehead atoms. The molecule has 2 atom stereocenters. The minimum absolute atomic E-state index is 0.130. The normalized spacial score (nSPS) is 20.5. The zero-order valence-electron chi connectivity index (χ0n) is 12.3. The van der Waals surface area contributed by atoms with Gasteiger partial charge in [-0.2, -0.15) is 0 Å². The van der Waals surface area contributed by atoms with Gasteiger partial charge < -0.3 is 0 Å². The maximum atomic E-state index is 13.8. The molecule has 0 aliphatic heterocycles. The molecule has 0 heterocycles. The van der Waals surface area contributed by atoms with Crippen LogP contribution in [-0.4, -0.2) is 8.96 Å². The number of rotatable bonds is 3. The van der Waals surface area contributed by atoms with E-state index in [2.05, 4.69) is 4.72 Å². The number of hydrogen-bond donors (Lipinski definition) is 1. The van der Waals surface area contributed by atoms with Crippen molar-refractivity contribution in [2.24, 2.45) is 0 Å². The van der Waals surface area contributed by atoms with E-state index in [1.54, 1.807) is 6.07 Å². The SMILES string of the molecule is C[C@@H](N[S@@](=O)C(C)(C)C)c1cccc2c1CCC2(F)F. The quantitative estimate of drug-likeness (QED) is 0.903. The molecular formula is C15H21F2NOS. The van der Waals surface area contributed by atoms with Crippen molar-refractivity contribution in [3.05, 3.63) is 34.9 Å². The highest BCUT2D eigenvalue weighted by Crippen LogP contribution is 2.43. The van der Waals surface area contributed by atoms with Crippen LogP contribution in [0.15, 0.2) is 18.2 Å². The number of hydrogen-bond acceptors (Lipinski definition) is 1. The van der Waals surface area contributed by atoms with Gasteiger partial charge in [0.25, 0.3) is 5.92 Å². The average molecular weight is 301 g/mol. The van der Waals surface area contributed by atoms with E-state index >= 15 is 0 Å². The second kappa shape index (κ2) is 5.19. The van der Waals surface area contributed by atoms with Crippen LogP contribution in [0.4, 0.5) is 8.78 Å². The lowest BCUT2D eigenvalue weighted by atomic mass is 9.98. The summed E-state index contributed by atoms with van der Waals surface area (Å²) in [6.45, 7) is 7.51. The van der Waals surface area contributed by atoms with Gasteiger partial charge in [-0.3, -0.25) is 0 Å². The summed E-state index contributed by atoms with van der Waals surface area (Å²) in [7, 11) is -1.22. The standard InChI is InChI=1S/C15H21F2NOS/c1-10(18-20(19)14(2,3)4)11-6-5-7-13-12(11)8-9-15(13,16)17/h5-7,10,18H,8-9H2,1-4H3/t10-,20+/m1/s1. The molecule has 0 saturated carbocycles. The summed E-state index contributed by atoms with van der Waals surface area (Å²) >= 11 is 0. The average Bonchev–Trinajstić information content (AvgIpc) is 2.64. The molecule has 1 N–H and O–H groups in total. The molecule has 1 aliphatic carbocycles. The van der Waals surface area contributed by atoms with Crippen LogP contribution in [0.1, 0.15) is 56.8 Å². The molecule has 1 aliphatic rings. The van der Waals surface area contributed by atoms with Crippen LogP contribution >= 0.6 is 0 Å². The largest absolute Gasteiger partial charge is 0.273 e. The lowest BCUT2D eigenvalue weighted by Gasteiger charge is -2.23. The molecule has 0 spiro atoms. The van der Waals surface area contributed by atoms with Gasteiger partial charge in [0.1, 0.15) is 0 Å². The molecule has 1 aromatic rings. The predicted octanol–water partition coefficient (Wildman–Crippen LogP) is 3.84. The van der Waals surface area contributed by atoms with Crippen molar-refractivity contribution in [2.45, 2.75) is 57.2 Å². The maximum Gasteiger partial charge on any atom is 0.273 e. The molecule has 0 fully saturated rings. The fourth-order valence-electron chi connectivity index (χ4n) is 2.45. The third-order valence-electron chi connectivity index (χ3n) is 3.60. The van der Waals surface area contributed by atoms with Crippen LogP contribution in [0.2, 0.25) is 0 Å². The van der Waals surface area contributed by atoms with E-state index in [4.69, 9.17) is 0 Å². The predicted molar refractivity (Wildman–Crippen MR) is 78.1 cm³/mol. The van der Waals surface area contributed by atoms with Gasteiger partial charge in [-0.05, 0) is 45.2 Å². The minimum atomic E-state index is -2.73. The molecule has 2 nitrogen and oxygen atoms in total. The first-order valence-electron chi connectivity index (χ1n) is 6.81. The Balaban J connectivity index is 2.27. The van der Waals surface area contributed by atoms with Crippen LogP contribution in [0.3, 0.4) is 0 Å². The fourth-order valence-corrected chi connectivity index (χ4v) is 3.25. The lowest BCUT2D eigenvalue weighted by Crippen LogP contribution is -2.35. The second-order valence-electron chi connectivity index (χ2n) is 6.30. The van der Waals surface area contributed by atoms with Crippen molar-refractivity contribution in [1.29, 1.82) is 0 Å². The van der Waals surface area contributed by atoms with E-state index in [-0.39, 0.29) is 22.8 Å². The van der Waals surface area contributed by atoms with Crippen molar-refractivity contribution < 1.29 is 13.0 Å². The van der Waals surface area contributed by atoms with Gasteiger partial charge >= 0.3 is 0 Å². The molecule has 112 valence electrons. The Morgan fingerprint density at radius 1 is 1.35 bits per heavy atom. The Morgan fingerprint density at radius 2 is 2.00 bits per heavy atom. The Kier molecular flexibility index (Phi) is 4.04. The molecule has 0 radical (unpaired) electrons. The van der Waals surface area contributed by atoms with Gasteiger partial charge in [-0.25, -0.2) is 17.7 Å². The van der Waals surface area contributed by atoms with Crippen LogP contribution in [0.5, 0.6) is 0 Å². The first kappa shape index (κ1) is 15.6. The molecule has 0 aromatic heterocycles. The van der Waals surface area contributed by atoms with Gasteiger partial charge in [0, 0.05) is 18.0 Å². The van der Waals surface area contributed by atoms with E-state index in [9.17, 15) is 13.0 Å². The summed E-state index contributed by atoms with van der Waals surface area (Å²) in [5, 5.41) is 0. The van der Waals surface area contributed by atoms with E-state index in [0.717, 1.165) is 5.56 Å². The summed E-state index contributed by atoms with van der Waals surface area (Å²) in [6, 6.07) is 4.79. The maximum absolute atomic E-state index is 13.8. The molecule has 2 rings (SSSR count). The number of nitrogens with one attached hydrogen (secondary N) is 1. The lowest BCUT2D eigenvalue weighted by molar-refractivity contribution is -0.00184. The third-order valence-corrected chi connectivity index (χ3v) is 5.28. The van der Waals surface area contributed by atoms with E-state index in [1.165, 1.54) is 6.07 Å². The molecule has 5 heteroatoms. The Morgan fingerprint density at radius 3 is 2.60 bits per heavy atom. The van der Waals surface area contributed by atoms with Crippen molar-refractivity contribution in [2.75, 3.05) is 0 Å². The van der Waals surface area contributed by atoms with Gasteiger partial charge in [0.05, 0.1) is 15.7 Å². The smallest absolute Gasteiger partial charge is 0.242 e. The molecular weight excluding hydrogens is 280 g/mol. The summed E-state index contributed by atoms with van der Waals surface area (Å²) in [5.41, 5.74) is 1.67. The van der Waals surface area contributed by atoms with Crippen LogP contribution in [-0.2, 0) is 23.3 Å². The monoisotopic (exact) mass is 301 g/mol. The summed E-state index contributed by atoms with van der Waals surface area (Å²) in [5.74, 6) is -2.73. The summed E-state index contributed by atoms with van der Waals surface area (Å²) in [4.78, 5) is 0. The minimum Gasteiger partial charge on any atom is -0.242 e. The first-order valence-corrected chi connectivity index (χ1v) is 7.96. The van der Waals surface area contributed by atoms with Crippen molar-refractivity contribution in [1.82, 2.24) is 4.72 Å². The number of benzene rings is 1. The molecule has 20 heavy (non-hydrogen) atoms. The Hall–Kier alpha value is -0.810. The zero-order valence-corrected chi connectivity index (χ0v) is 13.1. The van der Waals surface area contributed by atoms with E-state index in [0.29, 0.717) is 12.0 Å². The van der Waals surface area contributed by atoms with Crippen LogP contribution in [0.25, 0.3) is 0 Å². The molecule has 1 aromatic carbocycles. The summed E-state index contributed by atoms with van der Waals surface area (Å²) in [6.07, 6.45) is 0.251. The topological polar surface area (TPSA) is 29.1 Å².